The van der Waals surface area contributed by atoms with Gasteiger partial charge in [-0.15, -0.1) is 10.2 Å². The number of benzene rings is 1. The highest BCUT2D eigenvalue weighted by Gasteiger charge is 2.36. The highest BCUT2D eigenvalue weighted by molar-refractivity contribution is 7.99. The van der Waals surface area contributed by atoms with E-state index in [-0.39, 0.29) is 11.8 Å². The van der Waals surface area contributed by atoms with Crippen LogP contribution in [0.3, 0.4) is 0 Å². The number of thioether (sulfide) groups is 1. The Balaban J connectivity index is 1.46. The SMILES string of the molecule is O=C(CSc1nnc(N2CCOCC2)n1C1CC1)Nc1ccc([N+](=O)[O-])cc1C(F)(F)F. The Hall–Kier alpha value is -2.87. The molecule has 1 aliphatic heterocycles. The van der Waals surface area contributed by atoms with E-state index < -0.39 is 33.9 Å². The maximum absolute atomic E-state index is 13.3. The summed E-state index contributed by atoms with van der Waals surface area (Å²) in [6, 6.07) is 2.43. The molecule has 10 nitrogen and oxygen atoms in total. The number of nitro groups is 1. The molecule has 0 radical (unpaired) electrons. The third-order valence-corrected chi connectivity index (χ3v) is 5.92. The second-order valence-corrected chi connectivity index (χ2v) is 8.25. The number of anilines is 2. The predicted octanol–water partition coefficient (Wildman–Crippen LogP) is 3.11. The number of hydrogen-bond acceptors (Lipinski definition) is 8. The molecule has 1 N–H and O–H groups in total. The number of ether oxygens (including phenoxy) is 1. The average Bonchev–Trinajstić information content (AvgIpc) is 3.51. The molecule has 1 saturated heterocycles. The first-order chi connectivity index (χ1) is 15.2. The van der Waals surface area contributed by atoms with Gasteiger partial charge in [0, 0.05) is 31.3 Å². The number of nitro benzene ring substituents is 1. The lowest BCUT2D eigenvalue weighted by molar-refractivity contribution is -0.385. The monoisotopic (exact) mass is 472 g/mol. The fourth-order valence-corrected chi connectivity index (χ4v) is 4.11. The Bertz CT molecular complexity index is 1020. The Morgan fingerprint density at radius 2 is 2.00 bits per heavy atom. The van der Waals surface area contributed by atoms with Crippen molar-refractivity contribution in [3.8, 4) is 0 Å². The van der Waals surface area contributed by atoms with Crippen LogP contribution in [-0.4, -0.2) is 57.7 Å². The Labute approximate surface area is 184 Å². The molecule has 2 heterocycles. The second-order valence-electron chi connectivity index (χ2n) is 7.30. The van der Waals surface area contributed by atoms with Gasteiger partial charge in [-0.3, -0.25) is 19.5 Å². The molecule has 0 bridgehead atoms. The largest absolute Gasteiger partial charge is 0.418 e. The molecular formula is C18H19F3N6O4S. The van der Waals surface area contributed by atoms with Crippen LogP contribution < -0.4 is 10.2 Å². The van der Waals surface area contributed by atoms with E-state index in [1.807, 2.05) is 4.57 Å². The minimum Gasteiger partial charge on any atom is -0.378 e. The summed E-state index contributed by atoms with van der Waals surface area (Å²) in [5, 5.41) is 22.0. The van der Waals surface area contributed by atoms with E-state index in [1.54, 1.807) is 0 Å². The quantitative estimate of drug-likeness (QED) is 0.371. The van der Waals surface area contributed by atoms with E-state index in [4.69, 9.17) is 4.74 Å². The van der Waals surface area contributed by atoms with Crippen molar-refractivity contribution >= 4 is 35.0 Å². The number of carbonyl (C=O) groups is 1. The fourth-order valence-electron chi connectivity index (χ4n) is 3.30. The lowest BCUT2D eigenvalue weighted by Crippen LogP contribution is -2.38. The number of hydrogen-bond donors (Lipinski definition) is 1. The molecule has 0 unspecified atom stereocenters. The average molecular weight is 472 g/mol. The van der Waals surface area contributed by atoms with Crippen molar-refractivity contribution in [3.05, 3.63) is 33.9 Å². The van der Waals surface area contributed by atoms with Gasteiger partial charge in [-0.25, -0.2) is 0 Å². The molecule has 1 saturated carbocycles. The number of amides is 1. The van der Waals surface area contributed by atoms with E-state index >= 15 is 0 Å². The van der Waals surface area contributed by atoms with Gasteiger partial charge in [0.25, 0.3) is 5.69 Å². The van der Waals surface area contributed by atoms with Gasteiger partial charge in [-0.2, -0.15) is 13.2 Å². The molecule has 2 fully saturated rings. The highest BCUT2D eigenvalue weighted by Crippen LogP contribution is 2.41. The van der Waals surface area contributed by atoms with Crippen LogP contribution in [0, 0.1) is 10.1 Å². The zero-order valence-electron chi connectivity index (χ0n) is 16.7. The molecule has 172 valence electrons. The van der Waals surface area contributed by atoms with Crippen molar-refractivity contribution < 1.29 is 27.6 Å². The molecule has 2 aliphatic rings. The van der Waals surface area contributed by atoms with Gasteiger partial charge in [0.05, 0.1) is 35.1 Å². The van der Waals surface area contributed by atoms with Gasteiger partial charge in [0.15, 0.2) is 5.16 Å². The number of non-ortho nitro benzene ring substituents is 1. The number of rotatable bonds is 7. The second kappa shape index (κ2) is 8.94. The van der Waals surface area contributed by atoms with E-state index in [0.29, 0.717) is 43.5 Å². The van der Waals surface area contributed by atoms with Crippen LogP contribution in [0.4, 0.5) is 30.5 Å². The first-order valence-corrected chi connectivity index (χ1v) is 10.8. The summed E-state index contributed by atoms with van der Waals surface area (Å²) in [6.45, 7) is 2.52. The van der Waals surface area contributed by atoms with Crippen LogP contribution in [0.1, 0.15) is 24.4 Å². The number of nitrogens with zero attached hydrogens (tertiary/aromatic N) is 5. The third-order valence-electron chi connectivity index (χ3n) is 4.98. The molecule has 14 heteroatoms. The van der Waals surface area contributed by atoms with E-state index in [9.17, 15) is 28.1 Å². The summed E-state index contributed by atoms with van der Waals surface area (Å²) in [5.74, 6) is -0.177. The predicted molar refractivity (Wildman–Crippen MR) is 109 cm³/mol. The van der Waals surface area contributed by atoms with Gasteiger partial charge in [-0.1, -0.05) is 11.8 Å². The number of aromatic nitrogens is 3. The van der Waals surface area contributed by atoms with Crippen LogP contribution in [0.15, 0.2) is 23.4 Å². The molecule has 2 aromatic rings. The smallest absolute Gasteiger partial charge is 0.378 e. The number of alkyl halides is 3. The van der Waals surface area contributed by atoms with E-state index in [0.717, 1.165) is 36.7 Å². The lowest BCUT2D eigenvalue weighted by Gasteiger charge is -2.27. The highest BCUT2D eigenvalue weighted by atomic mass is 32.2. The normalized spacial score (nSPS) is 16.8. The fraction of sp³-hybridized carbons (Fsp3) is 0.500. The van der Waals surface area contributed by atoms with Crippen molar-refractivity contribution in [2.24, 2.45) is 0 Å². The molecule has 0 spiro atoms. The first kappa shape index (κ1) is 22.3. The van der Waals surface area contributed by atoms with E-state index in [1.165, 1.54) is 0 Å². The zero-order valence-corrected chi connectivity index (χ0v) is 17.5. The topological polar surface area (TPSA) is 115 Å². The molecule has 4 rings (SSSR count). The number of morpholine rings is 1. The van der Waals surface area contributed by atoms with Gasteiger partial charge >= 0.3 is 6.18 Å². The third kappa shape index (κ3) is 4.96. The molecule has 1 aromatic carbocycles. The first-order valence-electron chi connectivity index (χ1n) is 9.80. The van der Waals surface area contributed by atoms with Crippen molar-refractivity contribution in [1.82, 2.24) is 14.8 Å². The number of carbonyl (C=O) groups excluding carboxylic acids is 1. The number of halogens is 3. The Morgan fingerprint density at radius 1 is 1.28 bits per heavy atom. The van der Waals surface area contributed by atoms with Gasteiger partial charge < -0.3 is 15.0 Å². The maximum atomic E-state index is 13.3. The minimum absolute atomic E-state index is 0.192. The molecular weight excluding hydrogens is 453 g/mol. The van der Waals surface area contributed by atoms with Gasteiger partial charge in [-0.05, 0) is 18.9 Å². The van der Waals surface area contributed by atoms with Crippen LogP contribution in [0.2, 0.25) is 0 Å². The van der Waals surface area contributed by atoms with Crippen LogP contribution in [0.5, 0.6) is 0 Å². The molecule has 1 aromatic heterocycles. The Morgan fingerprint density at radius 3 is 2.62 bits per heavy atom. The van der Waals surface area contributed by atoms with E-state index in [2.05, 4.69) is 20.4 Å². The summed E-state index contributed by atoms with van der Waals surface area (Å²) >= 11 is 1.08. The summed E-state index contributed by atoms with van der Waals surface area (Å²) in [6.07, 6.45) is -2.93. The summed E-state index contributed by atoms with van der Waals surface area (Å²) in [5.41, 5.74) is -2.52. The van der Waals surface area contributed by atoms with Crippen molar-refractivity contribution in [1.29, 1.82) is 0 Å². The zero-order chi connectivity index (χ0) is 22.9. The summed E-state index contributed by atoms with van der Waals surface area (Å²) in [7, 11) is 0. The van der Waals surface area contributed by atoms with Crippen LogP contribution >= 0.6 is 11.8 Å². The van der Waals surface area contributed by atoms with Crippen molar-refractivity contribution in [3.63, 3.8) is 0 Å². The summed E-state index contributed by atoms with van der Waals surface area (Å²) < 4.78 is 47.2. The molecule has 32 heavy (non-hydrogen) atoms. The van der Waals surface area contributed by atoms with Crippen LogP contribution in [-0.2, 0) is 15.7 Å². The lowest BCUT2D eigenvalue weighted by atomic mass is 10.1. The molecule has 0 atom stereocenters. The Kier molecular flexibility index (Phi) is 6.24. The number of nitrogens with one attached hydrogen (secondary N) is 1. The summed E-state index contributed by atoms with van der Waals surface area (Å²) in [4.78, 5) is 24.3. The van der Waals surface area contributed by atoms with Crippen molar-refractivity contribution in [2.75, 3.05) is 42.3 Å². The minimum atomic E-state index is -4.86. The van der Waals surface area contributed by atoms with Crippen LogP contribution in [0.25, 0.3) is 0 Å². The van der Waals surface area contributed by atoms with Gasteiger partial charge in [0.1, 0.15) is 0 Å². The molecule has 1 aliphatic carbocycles. The maximum Gasteiger partial charge on any atom is 0.418 e. The van der Waals surface area contributed by atoms with Gasteiger partial charge in [0.2, 0.25) is 11.9 Å². The van der Waals surface area contributed by atoms with Crippen molar-refractivity contribution in [2.45, 2.75) is 30.2 Å². The standard InChI is InChI=1S/C18H19F3N6O4S/c19-18(20,21)13-9-12(27(29)30)3-4-14(13)22-15(28)10-32-17-24-23-16(26(17)11-1-2-11)25-5-7-31-8-6-25/h3-4,9,11H,1-2,5-8,10H2,(H,22,28). The molecule has 1 amide bonds.